The first-order chi connectivity index (χ1) is 8.58. The number of hydrogen-bond acceptors (Lipinski definition) is 4. The van der Waals surface area contributed by atoms with E-state index in [0.29, 0.717) is 6.42 Å². The molecule has 0 heterocycles. The summed E-state index contributed by atoms with van der Waals surface area (Å²) in [4.78, 5) is 10.3. The third kappa shape index (κ3) is 20.8. The van der Waals surface area contributed by atoms with Crippen molar-refractivity contribution in [3.63, 3.8) is 0 Å². The molecule has 1 atom stereocenters. The molecule has 4 nitrogen and oxygen atoms in total. The van der Waals surface area contributed by atoms with E-state index in [1.54, 1.807) is 0 Å². The van der Waals surface area contributed by atoms with Gasteiger partial charge in [0.05, 0.1) is 0 Å². The molecule has 0 aliphatic carbocycles. The second-order valence-electron chi connectivity index (χ2n) is 4.17. The Morgan fingerprint density at radius 2 is 1.61 bits per heavy atom. The summed E-state index contributed by atoms with van der Waals surface area (Å²) in [5, 5.41) is 9.00. The van der Waals surface area contributed by atoms with Crippen molar-refractivity contribution < 1.29 is 19.4 Å². The van der Waals surface area contributed by atoms with Crippen LogP contribution in [0, 0.1) is 0 Å². The number of aliphatic hydroxyl groups is 1. The van der Waals surface area contributed by atoms with Crippen LogP contribution in [0.3, 0.4) is 0 Å². The van der Waals surface area contributed by atoms with Crippen LogP contribution in [0.25, 0.3) is 0 Å². The Morgan fingerprint density at radius 3 is 2.00 bits per heavy atom. The van der Waals surface area contributed by atoms with E-state index < -0.39 is 12.3 Å². The maximum Gasteiger partial charge on any atom is 0.304 e. The highest BCUT2D eigenvalue weighted by Gasteiger charge is 2.05. The Morgan fingerprint density at radius 1 is 1.06 bits per heavy atom. The predicted molar refractivity (Wildman–Crippen MR) is 73.3 cm³/mol. The van der Waals surface area contributed by atoms with Crippen LogP contribution in [0.1, 0.15) is 66.2 Å². The first-order valence-electron chi connectivity index (χ1n) is 7.01. The molecule has 0 saturated carbocycles. The molecule has 0 spiro atoms. The fourth-order valence-corrected chi connectivity index (χ4v) is 1.21. The van der Waals surface area contributed by atoms with Gasteiger partial charge < -0.3 is 14.6 Å². The smallest absolute Gasteiger partial charge is 0.304 e. The number of carbonyl (C=O) groups is 1. The van der Waals surface area contributed by atoms with Crippen LogP contribution >= 0.6 is 0 Å². The van der Waals surface area contributed by atoms with Crippen molar-refractivity contribution in [1.29, 1.82) is 0 Å². The molecule has 18 heavy (non-hydrogen) atoms. The van der Waals surface area contributed by atoms with Gasteiger partial charge in [0.2, 0.25) is 6.29 Å². The third-order valence-corrected chi connectivity index (χ3v) is 2.05. The maximum absolute atomic E-state index is 10.3. The van der Waals surface area contributed by atoms with E-state index in [4.69, 9.17) is 9.84 Å². The molecule has 4 heteroatoms. The van der Waals surface area contributed by atoms with E-state index in [1.165, 1.54) is 6.92 Å². The van der Waals surface area contributed by atoms with Crippen molar-refractivity contribution in [2.24, 2.45) is 0 Å². The summed E-state index contributed by atoms with van der Waals surface area (Å²) in [6.45, 7) is 9.47. The zero-order valence-electron chi connectivity index (χ0n) is 12.4. The monoisotopic (exact) mass is 262 g/mol. The largest absolute Gasteiger partial charge is 0.436 e. The van der Waals surface area contributed by atoms with Crippen molar-refractivity contribution in [3.8, 4) is 0 Å². The second kappa shape index (κ2) is 16.4. The summed E-state index contributed by atoms with van der Waals surface area (Å²) in [7, 11) is 0. The molecule has 0 aromatic heterocycles. The lowest BCUT2D eigenvalue weighted by Crippen LogP contribution is -2.14. The van der Waals surface area contributed by atoms with E-state index in [1.807, 2.05) is 0 Å². The number of aliphatic hydroxyl groups excluding tert-OH is 1. The highest BCUT2D eigenvalue weighted by Crippen LogP contribution is 2.04. The number of rotatable bonds is 9. The van der Waals surface area contributed by atoms with Crippen molar-refractivity contribution >= 4 is 5.97 Å². The Balaban J connectivity index is 0. The van der Waals surface area contributed by atoms with Crippen LogP contribution in [0.2, 0.25) is 0 Å². The summed E-state index contributed by atoms with van der Waals surface area (Å²) in [5.41, 5.74) is 0. The lowest BCUT2D eigenvalue weighted by molar-refractivity contribution is -0.165. The van der Waals surface area contributed by atoms with E-state index in [2.05, 4.69) is 25.5 Å². The molecule has 0 saturated heterocycles. The number of esters is 1. The Labute approximate surface area is 112 Å². The first kappa shape index (κ1) is 19.7. The lowest BCUT2D eigenvalue weighted by atomic mass is 10.2. The fourth-order valence-electron chi connectivity index (χ4n) is 1.21. The van der Waals surface area contributed by atoms with Gasteiger partial charge >= 0.3 is 5.97 Å². The number of ether oxygens (including phenoxy) is 2. The van der Waals surface area contributed by atoms with Gasteiger partial charge in [0, 0.05) is 26.6 Å². The van der Waals surface area contributed by atoms with Gasteiger partial charge in [-0.25, -0.2) is 0 Å². The molecule has 0 aliphatic rings. The molecule has 0 rings (SSSR count). The zero-order valence-corrected chi connectivity index (χ0v) is 12.4. The van der Waals surface area contributed by atoms with Crippen molar-refractivity contribution in [2.75, 3.05) is 13.2 Å². The molecule has 0 aromatic carbocycles. The normalized spacial score (nSPS) is 11.4. The highest BCUT2D eigenvalue weighted by atomic mass is 16.6. The van der Waals surface area contributed by atoms with E-state index in [0.717, 1.165) is 45.3 Å². The Kier molecular flexibility index (Phi) is 18.0. The molecule has 110 valence electrons. The lowest BCUT2D eigenvalue weighted by Gasteiger charge is -2.09. The third-order valence-electron chi connectivity index (χ3n) is 2.05. The highest BCUT2D eigenvalue weighted by molar-refractivity contribution is 5.65. The van der Waals surface area contributed by atoms with Gasteiger partial charge in [-0.2, -0.15) is 0 Å². The summed E-state index contributed by atoms with van der Waals surface area (Å²) >= 11 is 0. The number of hydrogen-bond donors (Lipinski definition) is 1. The van der Waals surface area contributed by atoms with Crippen molar-refractivity contribution in [1.82, 2.24) is 0 Å². The summed E-state index contributed by atoms with van der Waals surface area (Å²) < 4.78 is 9.65. The van der Waals surface area contributed by atoms with Crippen LogP contribution < -0.4 is 0 Å². The number of carbonyl (C=O) groups excluding carboxylic acids is 1. The van der Waals surface area contributed by atoms with Gasteiger partial charge in [0.25, 0.3) is 0 Å². The molecule has 0 aromatic rings. The summed E-state index contributed by atoms with van der Waals surface area (Å²) in [6, 6.07) is 0. The van der Waals surface area contributed by atoms with Gasteiger partial charge in [0.1, 0.15) is 0 Å². The molecule has 0 fully saturated rings. The number of unbranched alkanes of at least 4 members (excludes halogenated alkanes) is 2. The van der Waals surface area contributed by atoms with Crippen LogP contribution in [-0.2, 0) is 14.3 Å². The minimum Gasteiger partial charge on any atom is -0.436 e. The quantitative estimate of drug-likeness (QED) is 0.393. The molecule has 0 aliphatic heterocycles. The molecule has 0 amide bonds. The molecular formula is C14H30O4. The van der Waals surface area contributed by atoms with Crippen molar-refractivity contribution in [3.05, 3.63) is 0 Å². The van der Waals surface area contributed by atoms with Gasteiger partial charge in [-0.1, -0.05) is 33.6 Å². The van der Waals surface area contributed by atoms with Crippen molar-refractivity contribution in [2.45, 2.75) is 72.5 Å². The van der Waals surface area contributed by atoms with Gasteiger partial charge in [-0.05, 0) is 19.3 Å². The van der Waals surface area contributed by atoms with E-state index in [9.17, 15) is 4.79 Å². The van der Waals surface area contributed by atoms with Crippen LogP contribution in [0.4, 0.5) is 0 Å². The van der Waals surface area contributed by atoms with Gasteiger partial charge in [0.15, 0.2) is 0 Å². The second-order valence-corrected chi connectivity index (χ2v) is 4.17. The van der Waals surface area contributed by atoms with Gasteiger partial charge in [-0.3, -0.25) is 4.79 Å². The first-order valence-corrected chi connectivity index (χ1v) is 7.01. The summed E-state index contributed by atoms with van der Waals surface area (Å²) in [6.07, 6.45) is 5.00. The van der Waals surface area contributed by atoms with Gasteiger partial charge in [-0.15, -0.1) is 0 Å². The maximum atomic E-state index is 10.3. The Bertz CT molecular complexity index is 167. The SMILES string of the molecule is CCCCCC(O)OC(C)=O.CCCOCCC. The minimum absolute atomic E-state index is 0.422. The van der Waals surface area contributed by atoms with E-state index in [-0.39, 0.29) is 0 Å². The standard InChI is InChI=1S/C8H16O3.C6H14O/c1-3-4-5-6-8(10)11-7(2)9;1-3-5-7-6-4-2/h8,10H,3-6H2,1-2H3;3-6H2,1-2H3. The van der Waals surface area contributed by atoms with E-state index >= 15 is 0 Å². The van der Waals surface area contributed by atoms with Crippen LogP contribution in [0.15, 0.2) is 0 Å². The average Bonchev–Trinajstić information content (AvgIpc) is 2.30. The molecule has 1 N–H and O–H groups in total. The Hall–Kier alpha value is -0.610. The minimum atomic E-state index is -0.904. The average molecular weight is 262 g/mol. The summed E-state index contributed by atoms with van der Waals surface area (Å²) in [5.74, 6) is -0.422. The molecule has 0 bridgehead atoms. The topological polar surface area (TPSA) is 55.8 Å². The zero-order chi connectivity index (χ0) is 14.2. The van der Waals surface area contributed by atoms with Crippen LogP contribution in [-0.4, -0.2) is 30.6 Å². The fraction of sp³-hybridized carbons (Fsp3) is 0.929. The molecule has 1 unspecified atom stereocenters. The molecule has 0 radical (unpaired) electrons. The molecular weight excluding hydrogens is 232 g/mol. The predicted octanol–water partition coefficient (Wildman–Crippen LogP) is 3.27. The van der Waals surface area contributed by atoms with Crippen LogP contribution in [0.5, 0.6) is 0 Å².